The maximum Gasteiger partial charge on any atom is 0.178 e. The van der Waals surface area contributed by atoms with E-state index in [1.807, 2.05) is 0 Å². The number of Topliss-reactive ketones (excluding diaryl/α,β-unsaturated/α-hetero) is 1. The Morgan fingerprint density at radius 3 is 2.68 bits per heavy atom. The van der Waals surface area contributed by atoms with Crippen LogP contribution in [-0.2, 0) is 0 Å². The predicted molar refractivity (Wildman–Crippen MR) is 80.2 cm³/mol. The van der Waals surface area contributed by atoms with Gasteiger partial charge in [0, 0.05) is 17.1 Å². The number of carbonyl (C=O) groups excluding carboxylic acids is 1. The monoisotopic (exact) mass is 299 g/mol. The molecule has 1 fully saturated rings. The van der Waals surface area contributed by atoms with Gasteiger partial charge in [-0.05, 0) is 49.9 Å². The second-order valence-electron chi connectivity index (χ2n) is 5.23. The van der Waals surface area contributed by atoms with E-state index < -0.39 is 0 Å². The molecule has 0 radical (unpaired) electrons. The molecule has 0 aliphatic heterocycles. The Morgan fingerprint density at radius 2 is 2.11 bits per heavy atom. The third-order valence-electron chi connectivity index (χ3n) is 3.35. The quantitative estimate of drug-likeness (QED) is 0.700. The van der Waals surface area contributed by atoms with E-state index in [1.165, 1.54) is 12.8 Å². The molecule has 1 aromatic carbocycles. The number of hydrogen-bond donors (Lipinski definition) is 0. The Morgan fingerprint density at radius 1 is 1.37 bits per heavy atom. The van der Waals surface area contributed by atoms with Crippen molar-refractivity contribution in [3.63, 3.8) is 0 Å². The van der Waals surface area contributed by atoms with E-state index in [-0.39, 0.29) is 5.78 Å². The molecule has 1 aliphatic rings. The summed E-state index contributed by atoms with van der Waals surface area (Å²) < 4.78 is 0. The Kier molecular flexibility index (Phi) is 5.26. The maximum absolute atomic E-state index is 12.3. The first-order chi connectivity index (χ1) is 9.10. The highest BCUT2D eigenvalue weighted by Gasteiger charge is 2.25. The summed E-state index contributed by atoms with van der Waals surface area (Å²) >= 11 is 11.9. The fourth-order valence-corrected chi connectivity index (χ4v) is 2.73. The van der Waals surface area contributed by atoms with Crippen molar-refractivity contribution in [1.29, 1.82) is 0 Å². The van der Waals surface area contributed by atoms with Crippen LogP contribution in [0.15, 0.2) is 18.2 Å². The van der Waals surface area contributed by atoms with Crippen LogP contribution in [0.25, 0.3) is 0 Å². The van der Waals surface area contributed by atoms with Gasteiger partial charge in [-0.3, -0.25) is 9.69 Å². The van der Waals surface area contributed by atoms with Crippen molar-refractivity contribution in [1.82, 2.24) is 4.90 Å². The zero-order valence-electron chi connectivity index (χ0n) is 11.2. The number of nitrogens with zero attached hydrogens (tertiary/aromatic N) is 1. The third-order valence-corrected chi connectivity index (χ3v) is 3.90. The minimum absolute atomic E-state index is 0.0794. The lowest BCUT2D eigenvalue weighted by Crippen LogP contribution is -2.32. The Hall–Kier alpha value is -0.570. The highest BCUT2D eigenvalue weighted by molar-refractivity contribution is 6.36. The second-order valence-corrected chi connectivity index (χ2v) is 6.07. The zero-order valence-corrected chi connectivity index (χ0v) is 12.7. The number of hydrogen-bond acceptors (Lipinski definition) is 2. The van der Waals surface area contributed by atoms with Gasteiger partial charge in [0.15, 0.2) is 5.78 Å². The first-order valence-corrected chi connectivity index (χ1v) is 7.56. The van der Waals surface area contributed by atoms with Crippen LogP contribution < -0.4 is 0 Å². The summed E-state index contributed by atoms with van der Waals surface area (Å²) in [5.74, 6) is 0.871. The van der Waals surface area contributed by atoms with Crippen molar-refractivity contribution in [2.75, 3.05) is 19.6 Å². The molecule has 0 bridgehead atoms. The van der Waals surface area contributed by atoms with E-state index in [0.717, 1.165) is 25.4 Å². The van der Waals surface area contributed by atoms with Gasteiger partial charge in [0.2, 0.25) is 0 Å². The molecule has 0 spiro atoms. The average molecular weight is 300 g/mol. The second kappa shape index (κ2) is 6.74. The maximum atomic E-state index is 12.3. The Balaban J connectivity index is 2.00. The zero-order chi connectivity index (χ0) is 13.8. The molecule has 1 aromatic rings. The molecule has 2 rings (SSSR count). The van der Waals surface area contributed by atoms with E-state index in [9.17, 15) is 4.79 Å². The van der Waals surface area contributed by atoms with E-state index in [2.05, 4.69) is 11.8 Å². The fraction of sp³-hybridized carbons (Fsp3) is 0.533. The van der Waals surface area contributed by atoms with Crippen LogP contribution in [0, 0.1) is 5.92 Å². The Labute approximate surface area is 124 Å². The van der Waals surface area contributed by atoms with Crippen LogP contribution in [0.5, 0.6) is 0 Å². The van der Waals surface area contributed by atoms with Crippen molar-refractivity contribution in [3.05, 3.63) is 33.8 Å². The van der Waals surface area contributed by atoms with Gasteiger partial charge in [-0.15, -0.1) is 0 Å². The molecule has 0 saturated heterocycles. The lowest BCUT2D eigenvalue weighted by molar-refractivity contribution is 0.0927. The van der Waals surface area contributed by atoms with Gasteiger partial charge >= 0.3 is 0 Å². The highest BCUT2D eigenvalue weighted by atomic mass is 35.5. The normalized spacial score (nSPS) is 14.9. The van der Waals surface area contributed by atoms with Crippen LogP contribution in [0.1, 0.15) is 36.5 Å². The van der Waals surface area contributed by atoms with E-state index >= 15 is 0 Å². The lowest BCUT2D eigenvalue weighted by atomic mass is 10.1. The van der Waals surface area contributed by atoms with Gasteiger partial charge in [-0.25, -0.2) is 0 Å². The summed E-state index contributed by atoms with van der Waals surface area (Å²) in [5, 5.41) is 1.00. The summed E-state index contributed by atoms with van der Waals surface area (Å²) in [4.78, 5) is 14.5. The van der Waals surface area contributed by atoms with Crippen LogP contribution >= 0.6 is 23.2 Å². The van der Waals surface area contributed by atoms with Crippen molar-refractivity contribution in [2.45, 2.75) is 26.2 Å². The van der Waals surface area contributed by atoms with Crippen LogP contribution in [0.3, 0.4) is 0 Å². The average Bonchev–Trinajstić information content (AvgIpc) is 3.12. The van der Waals surface area contributed by atoms with Gasteiger partial charge in [0.1, 0.15) is 0 Å². The van der Waals surface area contributed by atoms with Gasteiger partial charge in [-0.1, -0.05) is 30.1 Å². The molecule has 2 nitrogen and oxygen atoms in total. The topological polar surface area (TPSA) is 20.3 Å². The number of ketones is 1. The molecule has 0 amide bonds. The molecule has 0 N–H and O–H groups in total. The molecule has 4 heteroatoms. The summed E-state index contributed by atoms with van der Waals surface area (Å²) in [6.45, 7) is 4.59. The SMILES string of the molecule is CCCN(CC(=O)c1ccc(Cl)cc1Cl)CC1CC1. The minimum Gasteiger partial charge on any atom is -0.296 e. The van der Waals surface area contributed by atoms with Crippen LogP contribution in [0.2, 0.25) is 10.0 Å². The first kappa shape index (κ1) is 14.8. The van der Waals surface area contributed by atoms with Gasteiger partial charge < -0.3 is 0 Å². The van der Waals surface area contributed by atoms with Crippen LogP contribution in [-0.4, -0.2) is 30.3 Å². The molecule has 0 aromatic heterocycles. The highest BCUT2D eigenvalue weighted by Crippen LogP contribution is 2.30. The van der Waals surface area contributed by atoms with Gasteiger partial charge in [0.05, 0.1) is 11.6 Å². The van der Waals surface area contributed by atoms with Gasteiger partial charge in [-0.2, -0.15) is 0 Å². The molecule has 0 atom stereocenters. The lowest BCUT2D eigenvalue weighted by Gasteiger charge is -2.20. The van der Waals surface area contributed by atoms with Crippen molar-refractivity contribution >= 4 is 29.0 Å². The molecule has 0 unspecified atom stereocenters. The molecule has 1 aliphatic carbocycles. The third kappa shape index (κ3) is 4.48. The molecule has 19 heavy (non-hydrogen) atoms. The number of benzene rings is 1. The number of rotatable bonds is 7. The molecule has 0 heterocycles. The fourth-order valence-electron chi connectivity index (χ4n) is 2.22. The van der Waals surface area contributed by atoms with Crippen molar-refractivity contribution < 1.29 is 4.79 Å². The van der Waals surface area contributed by atoms with Crippen molar-refractivity contribution in [2.24, 2.45) is 5.92 Å². The van der Waals surface area contributed by atoms with E-state index in [1.54, 1.807) is 18.2 Å². The summed E-state index contributed by atoms with van der Waals surface area (Å²) in [6, 6.07) is 5.06. The first-order valence-electron chi connectivity index (χ1n) is 6.80. The summed E-state index contributed by atoms with van der Waals surface area (Å²) in [6.07, 6.45) is 3.67. The van der Waals surface area contributed by atoms with Crippen molar-refractivity contribution in [3.8, 4) is 0 Å². The summed E-state index contributed by atoms with van der Waals surface area (Å²) in [7, 11) is 0. The molecular weight excluding hydrogens is 281 g/mol. The minimum atomic E-state index is 0.0794. The summed E-state index contributed by atoms with van der Waals surface area (Å²) in [5.41, 5.74) is 0.572. The molecule has 1 saturated carbocycles. The number of halogens is 2. The van der Waals surface area contributed by atoms with E-state index in [4.69, 9.17) is 23.2 Å². The Bertz CT molecular complexity index is 457. The largest absolute Gasteiger partial charge is 0.296 e. The molecule has 104 valence electrons. The smallest absolute Gasteiger partial charge is 0.178 e. The standard InChI is InChI=1S/C15H19Cl2NO/c1-2-7-18(9-11-3-4-11)10-15(19)13-6-5-12(16)8-14(13)17/h5-6,8,11H,2-4,7,9-10H2,1H3. The van der Waals surface area contributed by atoms with Crippen LogP contribution in [0.4, 0.5) is 0 Å². The number of carbonyl (C=O) groups is 1. The van der Waals surface area contributed by atoms with Gasteiger partial charge in [0.25, 0.3) is 0 Å². The van der Waals surface area contributed by atoms with E-state index in [0.29, 0.717) is 22.2 Å². The molecular formula is C15H19Cl2NO. The predicted octanol–water partition coefficient (Wildman–Crippen LogP) is 4.30.